The van der Waals surface area contributed by atoms with Crippen LogP contribution in [-0.2, 0) is 11.3 Å². The molecule has 2 aromatic rings. The first-order valence-electron chi connectivity index (χ1n) is 9.15. The molecular weight excluding hydrogens is 342 g/mol. The number of aryl methyl sites for hydroxylation is 1. The molecule has 0 aliphatic heterocycles. The number of carbonyl (C=O) groups is 1. The summed E-state index contributed by atoms with van der Waals surface area (Å²) in [5.74, 6) is 1.14. The van der Waals surface area contributed by atoms with Gasteiger partial charge in [0, 0.05) is 25.7 Å². The highest BCUT2D eigenvalue weighted by atomic mass is 16.3. The van der Waals surface area contributed by atoms with Gasteiger partial charge in [0.05, 0.1) is 13.1 Å². The molecule has 0 saturated carbocycles. The Bertz CT molecular complexity index is 765. The van der Waals surface area contributed by atoms with Crippen LogP contribution in [0.1, 0.15) is 31.5 Å². The number of oxazole rings is 1. The molecule has 2 N–H and O–H groups in total. The fourth-order valence-electron chi connectivity index (χ4n) is 2.17. The number of aliphatic imine (C=N–C) groups is 1. The van der Waals surface area contributed by atoms with Crippen LogP contribution in [0.3, 0.4) is 0 Å². The largest absolute Gasteiger partial charge is 0.444 e. The predicted octanol–water partition coefficient (Wildman–Crippen LogP) is 2.57. The minimum Gasteiger partial charge on any atom is -0.444 e. The predicted molar refractivity (Wildman–Crippen MR) is 107 cm³/mol. The zero-order chi connectivity index (χ0) is 19.8. The quantitative estimate of drug-likeness (QED) is 0.577. The average molecular weight is 371 g/mol. The minimum atomic E-state index is -0.0169. The highest BCUT2D eigenvalue weighted by Gasteiger charge is 2.10. The van der Waals surface area contributed by atoms with E-state index in [4.69, 9.17) is 4.42 Å². The molecule has 7 nitrogen and oxygen atoms in total. The fourth-order valence-corrected chi connectivity index (χ4v) is 2.17. The SMILES string of the molecule is CCC(C)NC(=NCc1coc(-c2ccc(C)cc2)n1)NCC(=O)N(C)C. The van der Waals surface area contributed by atoms with Crippen molar-refractivity contribution in [2.45, 2.75) is 39.8 Å². The van der Waals surface area contributed by atoms with E-state index in [-0.39, 0.29) is 18.5 Å². The standard InChI is InChI=1S/C20H29N5O2/c1-6-15(3)23-20(22-12-18(26)25(4)5)21-11-17-13-27-19(24-17)16-9-7-14(2)8-10-16/h7-10,13,15H,6,11-12H2,1-5H3,(H2,21,22,23). The Morgan fingerprint density at radius 2 is 2.00 bits per heavy atom. The van der Waals surface area contributed by atoms with Crippen molar-refractivity contribution in [1.29, 1.82) is 0 Å². The summed E-state index contributed by atoms with van der Waals surface area (Å²) in [6, 6.07) is 8.26. The molecule has 1 atom stereocenters. The Labute approximate surface area is 160 Å². The van der Waals surface area contributed by atoms with Gasteiger partial charge < -0.3 is 20.0 Å². The molecule has 2 rings (SSSR count). The molecule has 1 aromatic heterocycles. The third-order valence-electron chi connectivity index (χ3n) is 4.15. The summed E-state index contributed by atoms with van der Waals surface area (Å²) in [6.07, 6.45) is 2.56. The first kappa shape index (κ1) is 20.5. The summed E-state index contributed by atoms with van der Waals surface area (Å²) in [5, 5.41) is 6.36. The van der Waals surface area contributed by atoms with Crippen molar-refractivity contribution in [3.8, 4) is 11.5 Å². The Kier molecular flexibility index (Phi) is 7.40. The monoisotopic (exact) mass is 371 g/mol. The molecule has 0 bridgehead atoms. The zero-order valence-electron chi connectivity index (χ0n) is 16.7. The van der Waals surface area contributed by atoms with Gasteiger partial charge in [-0.2, -0.15) is 0 Å². The van der Waals surface area contributed by atoms with Crippen LogP contribution in [0.5, 0.6) is 0 Å². The Morgan fingerprint density at radius 3 is 2.63 bits per heavy atom. The van der Waals surface area contributed by atoms with Gasteiger partial charge in [-0.05, 0) is 32.4 Å². The lowest BCUT2D eigenvalue weighted by Gasteiger charge is -2.18. The van der Waals surface area contributed by atoms with E-state index in [9.17, 15) is 4.79 Å². The van der Waals surface area contributed by atoms with E-state index in [1.54, 1.807) is 25.3 Å². The van der Waals surface area contributed by atoms with E-state index in [1.807, 2.05) is 31.2 Å². The number of aromatic nitrogens is 1. The van der Waals surface area contributed by atoms with Crippen LogP contribution in [0, 0.1) is 6.92 Å². The molecule has 7 heteroatoms. The number of carbonyl (C=O) groups excluding carboxylic acids is 1. The molecule has 27 heavy (non-hydrogen) atoms. The van der Waals surface area contributed by atoms with Crippen molar-refractivity contribution >= 4 is 11.9 Å². The van der Waals surface area contributed by atoms with Gasteiger partial charge in [0.2, 0.25) is 11.8 Å². The second-order valence-electron chi connectivity index (χ2n) is 6.77. The number of nitrogens with zero attached hydrogens (tertiary/aromatic N) is 3. The molecule has 146 valence electrons. The van der Waals surface area contributed by atoms with Crippen LogP contribution < -0.4 is 10.6 Å². The van der Waals surface area contributed by atoms with Gasteiger partial charge in [0.25, 0.3) is 0 Å². The van der Waals surface area contributed by atoms with Crippen molar-refractivity contribution in [1.82, 2.24) is 20.5 Å². The van der Waals surface area contributed by atoms with Gasteiger partial charge in [-0.15, -0.1) is 0 Å². The molecular formula is C20H29N5O2. The van der Waals surface area contributed by atoms with Crippen LogP contribution in [0.15, 0.2) is 39.9 Å². The highest BCUT2D eigenvalue weighted by molar-refractivity contribution is 5.86. The maximum atomic E-state index is 11.8. The van der Waals surface area contributed by atoms with Crippen LogP contribution in [0.4, 0.5) is 0 Å². The van der Waals surface area contributed by atoms with Crippen molar-refractivity contribution in [3.05, 3.63) is 41.8 Å². The van der Waals surface area contributed by atoms with Crippen molar-refractivity contribution in [2.75, 3.05) is 20.6 Å². The normalized spacial score (nSPS) is 12.6. The second-order valence-corrected chi connectivity index (χ2v) is 6.77. The van der Waals surface area contributed by atoms with E-state index in [1.165, 1.54) is 5.56 Å². The van der Waals surface area contributed by atoms with Gasteiger partial charge in [-0.1, -0.05) is 24.6 Å². The molecule has 0 radical (unpaired) electrons. The number of likely N-dealkylation sites (N-methyl/N-ethyl adjacent to an activating group) is 1. The zero-order valence-corrected chi connectivity index (χ0v) is 16.7. The Morgan fingerprint density at radius 1 is 1.30 bits per heavy atom. The fraction of sp³-hybridized carbons (Fsp3) is 0.450. The summed E-state index contributed by atoms with van der Waals surface area (Å²) in [4.78, 5) is 22.4. The van der Waals surface area contributed by atoms with Gasteiger partial charge in [-0.25, -0.2) is 9.98 Å². The van der Waals surface area contributed by atoms with E-state index < -0.39 is 0 Å². The lowest BCUT2D eigenvalue weighted by Crippen LogP contribution is -2.45. The molecule has 1 aromatic carbocycles. The average Bonchev–Trinajstić information content (AvgIpc) is 3.12. The lowest BCUT2D eigenvalue weighted by atomic mass is 10.1. The molecule has 0 aliphatic rings. The second kappa shape index (κ2) is 9.75. The Hall–Kier alpha value is -2.83. The number of nitrogens with one attached hydrogen (secondary N) is 2. The summed E-state index contributed by atoms with van der Waals surface area (Å²) in [5.41, 5.74) is 2.85. The van der Waals surface area contributed by atoms with E-state index in [0.29, 0.717) is 18.4 Å². The number of hydrogen-bond donors (Lipinski definition) is 2. The molecule has 0 aliphatic carbocycles. The van der Waals surface area contributed by atoms with Gasteiger partial charge in [0.15, 0.2) is 5.96 Å². The Balaban J connectivity index is 2.05. The summed E-state index contributed by atoms with van der Waals surface area (Å²) in [7, 11) is 3.45. The maximum absolute atomic E-state index is 11.8. The van der Waals surface area contributed by atoms with Crippen LogP contribution in [0.25, 0.3) is 11.5 Å². The van der Waals surface area contributed by atoms with Gasteiger partial charge in [-0.3, -0.25) is 4.79 Å². The van der Waals surface area contributed by atoms with Crippen molar-refractivity contribution in [3.63, 3.8) is 0 Å². The molecule has 0 saturated heterocycles. The lowest BCUT2D eigenvalue weighted by molar-refractivity contribution is -0.127. The summed E-state index contributed by atoms with van der Waals surface area (Å²) >= 11 is 0. The number of amides is 1. The topological polar surface area (TPSA) is 82.8 Å². The molecule has 0 spiro atoms. The third-order valence-corrected chi connectivity index (χ3v) is 4.15. The minimum absolute atomic E-state index is 0.0169. The number of rotatable bonds is 7. The molecule has 1 heterocycles. The van der Waals surface area contributed by atoms with Crippen molar-refractivity contribution in [2.24, 2.45) is 4.99 Å². The maximum Gasteiger partial charge on any atom is 0.241 e. The van der Waals surface area contributed by atoms with E-state index >= 15 is 0 Å². The van der Waals surface area contributed by atoms with Crippen molar-refractivity contribution < 1.29 is 9.21 Å². The number of benzene rings is 1. The van der Waals surface area contributed by atoms with Crippen LogP contribution in [0.2, 0.25) is 0 Å². The summed E-state index contributed by atoms with van der Waals surface area (Å²) < 4.78 is 5.57. The smallest absolute Gasteiger partial charge is 0.241 e. The van der Waals surface area contributed by atoms with E-state index in [0.717, 1.165) is 17.7 Å². The van der Waals surface area contributed by atoms with Crippen LogP contribution >= 0.6 is 0 Å². The molecule has 0 fully saturated rings. The van der Waals surface area contributed by atoms with E-state index in [2.05, 4.69) is 34.5 Å². The third kappa shape index (κ3) is 6.44. The molecule has 1 amide bonds. The van der Waals surface area contributed by atoms with Gasteiger partial charge >= 0.3 is 0 Å². The number of hydrogen-bond acceptors (Lipinski definition) is 4. The first-order chi connectivity index (χ1) is 12.9. The van der Waals surface area contributed by atoms with Crippen LogP contribution in [-0.4, -0.2) is 48.4 Å². The molecule has 1 unspecified atom stereocenters. The summed E-state index contributed by atoms with van der Waals surface area (Å²) in [6.45, 7) is 6.74. The van der Waals surface area contributed by atoms with Gasteiger partial charge in [0.1, 0.15) is 12.0 Å². The first-order valence-corrected chi connectivity index (χ1v) is 9.15. The highest BCUT2D eigenvalue weighted by Crippen LogP contribution is 2.19. The number of guanidine groups is 1.